The molecule has 1 aromatic carbocycles. The average Bonchev–Trinajstić information content (AvgIpc) is 2.99. The van der Waals surface area contributed by atoms with E-state index in [0.29, 0.717) is 21.6 Å². The summed E-state index contributed by atoms with van der Waals surface area (Å²) in [5, 5.41) is 13.6. The monoisotopic (exact) mass is 343 g/mol. The second kappa shape index (κ2) is 7.05. The van der Waals surface area contributed by atoms with Gasteiger partial charge < -0.3 is 19.6 Å². The Labute approximate surface area is 137 Å². The highest BCUT2D eigenvalue weighted by Crippen LogP contribution is 2.27. The average molecular weight is 344 g/mol. The van der Waals surface area contributed by atoms with Gasteiger partial charge in [-0.25, -0.2) is 0 Å². The summed E-state index contributed by atoms with van der Waals surface area (Å²) in [6, 6.07) is 8.02. The molecule has 0 fully saturated rings. The number of furan rings is 1. The largest absolute Gasteiger partial charge is 0.482 e. The Morgan fingerprint density at radius 1 is 1.41 bits per heavy atom. The Morgan fingerprint density at radius 3 is 2.82 bits per heavy atom. The Kier molecular flexibility index (Phi) is 5.34. The Bertz CT molecular complexity index is 641. The van der Waals surface area contributed by atoms with Crippen molar-refractivity contribution in [2.75, 3.05) is 13.2 Å². The molecule has 0 spiro atoms. The minimum absolute atomic E-state index is 0.00292. The molecule has 1 amide bonds. The van der Waals surface area contributed by atoms with Gasteiger partial charge in [0.15, 0.2) is 6.61 Å². The van der Waals surface area contributed by atoms with E-state index in [1.54, 1.807) is 31.2 Å². The molecule has 0 saturated carbocycles. The summed E-state index contributed by atoms with van der Waals surface area (Å²) < 4.78 is 10.4. The van der Waals surface area contributed by atoms with E-state index in [1.165, 1.54) is 12.3 Å². The fourth-order valence-electron chi connectivity index (χ4n) is 1.73. The Morgan fingerprint density at radius 2 is 2.18 bits per heavy atom. The quantitative estimate of drug-likeness (QED) is 0.845. The fraction of sp³-hybridized carbons (Fsp3) is 0.267. The zero-order valence-corrected chi connectivity index (χ0v) is 13.3. The minimum atomic E-state index is -1.29. The first kappa shape index (κ1) is 16.7. The lowest BCUT2D eigenvalue weighted by molar-refractivity contribution is -0.124. The van der Waals surface area contributed by atoms with E-state index in [1.807, 2.05) is 0 Å². The number of carbonyl (C=O) groups excluding carboxylic acids is 1. The highest BCUT2D eigenvalue weighted by atomic mass is 35.5. The maximum atomic E-state index is 11.8. The van der Waals surface area contributed by atoms with Gasteiger partial charge in [0.2, 0.25) is 0 Å². The molecule has 0 saturated heterocycles. The Hall–Kier alpha value is -1.69. The number of benzene rings is 1. The minimum Gasteiger partial charge on any atom is -0.482 e. The predicted molar refractivity (Wildman–Crippen MR) is 83.2 cm³/mol. The van der Waals surface area contributed by atoms with Gasteiger partial charge in [0.1, 0.15) is 17.1 Å². The van der Waals surface area contributed by atoms with Crippen molar-refractivity contribution in [3.63, 3.8) is 0 Å². The van der Waals surface area contributed by atoms with E-state index in [0.717, 1.165) is 0 Å². The predicted octanol–water partition coefficient (Wildman–Crippen LogP) is 2.99. The van der Waals surface area contributed by atoms with Gasteiger partial charge in [0, 0.05) is 5.02 Å². The first-order chi connectivity index (χ1) is 10.4. The van der Waals surface area contributed by atoms with E-state index in [9.17, 15) is 9.90 Å². The molecule has 2 N–H and O–H groups in total. The molecule has 0 aliphatic rings. The molecular formula is C15H15Cl2NO4. The first-order valence-electron chi connectivity index (χ1n) is 6.49. The van der Waals surface area contributed by atoms with E-state index >= 15 is 0 Å². The molecule has 22 heavy (non-hydrogen) atoms. The summed E-state index contributed by atoms with van der Waals surface area (Å²) >= 11 is 11.7. The summed E-state index contributed by atoms with van der Waals surface area (Å²) in [4.78, 5) is 11.8. The van der Waals surface area contributed by atoms with Crippen LogP contribution in [0.3, 0.4) is 0 Å². The molecule has 0 aliphatic carbocycles. The zero-order valence-electron chi connectivity index (χ0n) is 11.8. The first-order valence-corrected chi connectivity index (χ1v) is 7.25. The van der Waals surface area contributed by atoms with Gasteiger partial charge in [0.05, 0.1) is 17.8 Å². The molecule has 1 atom stereocenters. The van der Waals surface area contributed by atoms with E-state index in [2.05, 4.69) is 5.32 Å². The van der Waals surface area contributed by atoms with Crippen molar-refractivity contribution in [1.82, 2.24) is 5.32 Å². The molecule has 0 aliphatic heterocycles. The summed E-state index contributed by atoms with van der Waals surface area (Å²) in [7, 11) is 0. The standard InChI is InChI=1S/C15H15Cl2NO4/c1-15(20,13-3-2-6-21-13)9-18-14(19)8-22-12-5-4-10(16)7-11(12)17/h2-7,20H,8-9H2,1H3,(H,18,19)/t15-/m0/s1. The van der Waals surface area contributed by atoms with Crippen LogP contribution in [0, 0.1) is 0 Å². The Balaban J connectivity index is 1.83. The van der Waals surface area contributed by atoms with Crippen molar-refractivity contribution in [3.05, 3.63) is 52.4 Å². The SMILES string of the molecule is C[C@](O)(CNC(=O)COc1ccc(Cl)cc1Cl)c1ccco1. The number of nitrogens with one attached hydrogen (secondary N) is 1. The number of hydrogen-bond donors (Lipinski definition) is 2. The lowest BCUT2D eigenvalue weighted by Crippen LogP contribution is -2.40. The number of carbonyl (C=O) groups is 1. The van der Waals surface area contributed by atoms with Crippen molar-refractivity contribution in [2.24, 2.45) is 0 Å². The van der Waals surface area contributed by atoms with Crippen LogP contribution in [0.15, 0.2) is 41.0 Å². The molecule has 0 unspecified atom stereocenters. The highest BCUT2D eigenvalue weighted by Gasteiger charge is 2.26. The topological polar surface area (TPSA) is 71.7 Å². The van der Waals surface area contributed by atoms with Crippen LogP contribution in [0.5, 0.6) is 5.75 Å². The van der Waals surface area contributed by atoms with Crippen LogP contribution < -0.4 is 10.1 Å². The summed E-state index contributed by atoms with van der Waals surface area (Å²) in [6.07, 6.45) is 1.46. The second-order valence-corrected chi connectivity index (χ2v) is 5.73. The van der Waals surface area contributed by atoms with E-state index in [4.69, 9.17) is 32.4 Å². The molecule has 2 rings (SSSR count). The second-order valence-electron chi connectivity index (χ2n) is 4.89. The summed E-state index contributed by atoms with van der Waals surface area (Å²) in [6.45, 7) is 1.32. The molecule has 0 bridgehead atoms. The number of aliphatic hydroxyl groups is 1. The smallest absolute Gasteiger partial charge is 0.258 e. The molecule has 7 heteroatoms. The van der Waals surface area contributed by atoms with Crippen LogP contribution in [-0.4, -0.2) is 24.2 Å². The number of amides is 1. The summed E-state index contributed by atoms with van der Waals surface area (Å²) in [5.74, 6) is 0.339. The van der Waals surface area contributed by atoms with Gasteiger partial charge in [-0.2, -0.15) is 0 Å². The zero-order chi connectivity index (χ0) is 16.2. The van der Waals surface area contributed by atoms with Crippen molar-refractivity contribution in [3.8, 4) is 5.75 Å². The van der Waals surface area contributed by atoms with Gasteiger partial charge >= 0.3 is 0 Å². The fourth-order valence-corrected chi connectivity index (χ4v) is 2.19. The third kappa shape index (κ3) is 4.40. The van der Waals surface area contributed by atoms with Crippen molar-refractivity contribution in [2.45, 2.75) is 12.5 Å². The third-order valence-electron chi connectivity index (χ3n) is 2.93. The normalized spacial score (nSPS) is 13.5. The van der Waals surface area contributed by atoms with Crippen molar-refractivity contribution < 1.29 is 19.1 Å². The summed E-state index contributed by atoms with van der Waals surface area (Å²) in [5.41, 5.74) is -1.29. The van der Waals surface area contributed by atoms with Gasteiger partial charge in [-0.15, -0.1) is 0 Å². The van der Waals surface area contributed by atoms with E-state index < -0.39 is 11.5 Å². The van der Waals surface area contributed by atoms with Gasteiger partial charge in [-0.3, -0.25) is 4.79 Å². The molecule has 0 radical (unpaired) electrons. The highest BCUT2D eigenvalue weighted by molar-refractivity contribution is 6.35. The molecule has 1 aromatic heterocycles. The number of rotatable bonds is 6. The maximum absolute atomic E-state index is 11.8. The molecular weight excluding hydrogens is 329 g/mol. The maximum Gasteiger partial charge on any atom is 0.258 e. The van der Waals surface area contributed by atoms with Crippen LogP contribution in [0.4, 0.5) is 0 Å². The van der Waals surface area contributed by atoms with Crippen molar-refractivity contribution >= 4 is 29.1 Å². The number of hydrogen-bond acceptors (Lipinski definition) is 4. The number of ether oxygens (including phenoxy) is 1. The lowest BCUT2D eigenvalue weighted by atomic mass is 10.0. The van der Waals surface area contributed by atoms with Crippen LogP contribution in [-0.2, 0) is 10.4 Å². The van der Waals surface area contributed by atoms with Crippen LogP contribution >= 0.6 is 23.2 Å². The van der Waals surface area contributed by atoms with Crippen LogP contribution in [0.25, 0.3) is 0 Å². The van der Waals surface area contributed by atoms with Gasteiger partial charge in [-0.1, -0.05) is 23.2 Å². The third-order valence-corrected chi connectivity index (χ3v) is 3.46. The number of halogens is 2. The molecule has 5 nitrogen and oxygen atoms in total. The van der Waals surface area contributed by atoms with Crippen LogP contribution in [0.1, 0.15) is 12.7 Å². The molecule has 1 heterocycles. The lowest BCUT2D eigenvalue weighted by Gasteiger charge is -2.21. The molecule has 118 valence electrons. The molecule has 2 aromatic rings. The van der Waals surface area contributed by atoms with E-state index in [-0.39, 0.29) is 13.2 Å². The van der Waals surface area contributed by atoms with Gasteiger partial charge in [0.25, 0.3) is 5.91 Å². The van der Waals surface area contributed by atoms with Gasteiger partial charge in [-0.05, 0) is 37.3 Å². The van der Waals surface area contributed by atoms with Crippen LogP contribution in [0.2, 0.25) is 10.0 Å². The van der Waals surface area contributed by atoms with Crippen molar-refractivity contribution in [1.29, 1.82) is 0 Å².